The zero-order valence-corrected chi connectivity index (χ0v) is 12.7. The van der Waals surface area contributed by atoms with E-state index in [-0.39, 0.29) is 17.5 Å². The molecule has 21 heavy (non-hydrogen) atoms. The zero-order valence-electron chi connectivity index (χ0n) is 12.7. The summed E-state index contributed by atoms with van der Waals surface area (Å²) in [4.78, 5) is 12.2. The number of aliphatic hydroxyl groups excluding tert-OH is 1. The molecule has 0 amide bonds. The number of Topliss-reactive ketones (excluding diaryl/α,β-unsaturated/α-hetero) is 1. The van der Waals surface area contributed by atoms with Gasteiger partial charge in [-0.15, -0.1) is 5.92 Å². The molecule has 1 atom stereocenters. The average Bonchev–Trinajstić information content (AvgIpc) is 2.49. The Morgan fingerprint density at radius 2 is 2.19 bits per heavy atom. The van der Waals surface area contributed by atoms with Crippen LogP contribution < -0.4 is 4.74 Å². The predicted octanol–water partition coefficient (Wildman–Crippen LogP) is 3.72. The van der Waals surface area contributed by atoms with Gasteiger partial charge < -0.3 is 9.84 Å². The van der Waals surface area contributed by atoms with Crippen LogP contribution in [0.25, 0.3) is 5.57 Å². The van der Waals surface area contributed by atoms with E-state index < -0.39 is 0 Å². The molecular formula is C18H20O3. The highest BCUT2D eigenvalue weighted by atomic mass is 16.5. The van der Waals surface area contributed by atoms with E-state index in [1.165, 1.54) is 0 Å². The monoisotopic (exact) mass is 284 g/mol. The van der Waals surface area contributed by atoms with E-state index in [9.17, 15) is 9.90 Å². The minimum absolute atomic E-state index is 0.0233. The van der Waals surface area contributed by atoms with Crippen LogP contribution in [0.4, 0.5) is 0 Å². The first-order chi connectivity index (χ1) is 10.1. The molecule has 0 aliphatic heterocycles. The van der Waals surface area contributed by atoms with Crippen molar-refractivity contribution in [3.63, 3.8) is 0 Å². The van der Waals surface area contributed by atoms with Gasteiger partial charge in [-0.1, -0.05) is 12.8 Å². The maximum atomic E-state index is 12.2. The maximum absolute atomic E-state index is 12.2. The molecule has 1 unspecified atom stereocenters. The topological polar surface area (TPSA) is 46.5 Å². The number of rotatable bonds is 3. The number of aliphatic hydroxyl groups is 1. The average molecular weight is 284 g/mol. The smallest absolute Gasteiger partial charge is 0.167 e. The minimum atomic E-state index is -0.0233. The number of ketones is 1. The molecule has 3 heteroatoms. The van der Waals surface area contributed by atoms with Crippen LogP contribution in [-0.4, -0.2) is 18.0 Å². The van der Waals surface area contributed by atoms with E-state index in [1.54, 1.807) is 26.2 Å². The molecule has 0 saturated carbocycles. The summed E-state index contributed by atoms with van der Waals surface area (Å²) in [5.74, 6) is 6.59. The number of carbonyl (C=O) groups is 1. The second-order valence-electron chi connectivity index (χ2n) is 5.12. The van der Waals surface area contributed by atoms with Gasteiger partial charge >= 0.3 is 0 Å². The Labute approximate surface area is 125 Å². The number of carbonyl (C=O) groups excluding carboxylic acids is 1. The Balaban J connectivity index is 2.57. The molecule has 110 valence electrons. The Hall–Kier alpha value is -2.21. The molecule has 1 aliphatic rings. The summed E-state index contributed by atoms with van der Waals surface area (Å²) < 4.78 is 5.39. The molecule has 0 bridgehead atoms. The summed E-state index contributed by atoms with van der Waals surface area (Å²) in [5.41, 5.74) is 1.88. The fraction of sp³-hybridized carbons (Fsp3) is 0.389. The van der Waals surface area contributed by atoms with E-state index in [0.717, 1.165) is 12.0 Å². The molecule has 0 aromatic heterocycles. The third-order valence-corrected chi connectivity index (χ3v) is 3.87. The largest absolute Gasteiger partial charge is 0.511 e. The van der Waals surface area contributed by atoms with Crippen LogP contribution in [0.15, 0.2) is 24.0 Å². The lowest BCUT2D eigenvalue weighted by Crippen LogP contribution is -2.18. The van der Waals surface area contributed by atoms with Crippen molar-refractivity contribution in [3.8, 4) is 17.6 Å². The van der Waals surface area contributed by atoms with Crippen molar-refractivity contribution in [1.29, 1.82) is 0 Å². The van der Waals surface area contributed by atoms with Crippen LogP contribution in [-0.2, 0) is 4.79 Å². The Bertz CT molecular complexity index is 644. The quantitative estimate of drug-likeness (QED) is 0.860. The zero-order chi connectivity index (χ0) is 15.4. The highest BCUT2D eigenvalue weighted by Crippen LogP contribution is 2.37. The number of benzene rings is 1. The van der Waals surface area contributed by atoms with Crippen molar-refractivity contribution in [2.75, 3.05) is 7.11 Å². The molecule has 0 spiro atoms. The molecule has 0 heterocycles. The Morgan fingerprint density at radius 1 is 1.43 bits per heavy atom. The summed E-state index contributed by atoms with van der Waals surface area (Å²) in [7, 11) is 1.56. The normalized spacial score (nSPS) is 18.2. The van der Waals surface area contributed by atoms with E-state index in [2.05, 4.69) is 11.8 Å². The van der Waals surface area contributed by atoms with Crippen LogP contribution in [0.3, 0.4) is 0 Å². The van der Waals surface area contributed by atoms with E-state index >= 15 is 0 Å². The maximum Gasteiger partial charge on any atom is 0.167 e. The van der Waals surface area contributed by atoms with Crippen molar-refractivity contribution >= 4 is 11.4 Å². The standard InChI is InChI=1S/C18H20O3/c1-4-6-12-7-9-14(16(11-12)21-3)17-15(19)10-8-13(5-2)18(17)20/h7,9,11,13,20H,5,8,10H2,1-3H3. The summed E-state index contributed by atoms with van der Waals surface area (Å²) in [6.45, 7) is 3.79. The minimum Gasteiger partial charge on any atom is -0.511 e. The molecule has 1 aromatic carbocycles. The third-order valence-electron chi connectivity index (χ3n) is 3.87. The second kappa shape index (κ2) is 6.49. The fourth-order valence-corrected chi connectivity index (χ4v) is 2.72. The van der Waals surface area contributed by atoms with Gasteiger partial charge in [0.05, 0.1) is 12.7 Å². The van der Waals surface area contributed by atoms with E-state index in [4.69, 9.17) is 4.74 Å². The van der Waals surface area contributed by atoms with Crippen molar-refractivity contribution in [2.45, 2.75) is 33.1 Å². The first kappa shape index (κ1) is 15.2. The summed E-state index contributed by atoms with van der Waals surface area (Å²) >= 11 is 0. The molecule has 0 radical (unpaired) electrons. The van der Waals surface area contributed by atoms with Gasteiger partial charge in [-0.2, -0.15) is 0 Å². The molecule has 1 N–H and O–H groups in total. The van der Waals surface area contributed by atoms with Gasteiger partial charge in [0.1, 0.15) is 11.5 Å². The van der Waals surface area contributed by atoms with Gasteiger partial charge in [0.25, 0.3) is 0 Å². The first-order valence-corrected chi connectivity index (χ1v) is 7.19. The van der Waals surface area contributed by atoms with Crippen molar-refractivity contribution in [3.05, 3.63) is 35.1 Å². The molecule has 2 rings (SSSR count). The number of methoxy groups -OCH3 is 1. The Morgan fingerprint density at radius 3 is 2.81 bits per heavy atom. The van der Waals surface area contributed by atoms with E-state index in [0.29, 0.717) is 29.7 Å². The summed E-state index contributed by atoms with van der Waals surface area (Å²) in [6, 6.07) is 5.45. The highest BCUT2D eigenvalue weighted by Gasteiger charge is 2.29. The predicted molar refractivity (Wildman–Crippen MR) is 83.1 cm³/mol. The van der Waals surface area contributed by atoms with Crippen molar-refractivity contribution in [2.24, 2.45) is 5.92 Å². The highest BCUT2D eigenvalue weighted by molar-refractivity contribution is 6.22. The SMILES string of the molecule is CC#Cc1ccc(C2=C(O)C(CC)CCC2=O)c(OC)c1. The molecule has 3 nitrogen and oxygen atoms in total. The van der Waals surface area contributed by atoms with Gasteiger partial charge in [-0.25, -0.2) is 0 Å². The van der Waals surface area contributed by atoms with E-state index in [1.807, 2.05) is 13.0 Å². The van der Waals surface area contributed by atoms with Crippen molar-refractivity contribution in [1.82, 2.24) is 0 Å². The van der Waals surface area contributed by atoms with Gasteiger partial charge in [0.2, 0.25) is 0 Å². The molecule has 0 fully saturated rings. The molecular weight excluding hydrogens is 264 g/mol. The van der Waals surface area contributed by atoms with Gasteiger partial charge in [0, 0.05) is 23.5 Å². The van der Waals surface area contributed by atoms with Crippen LogP contribution in [0, 0.1) is 17.8 Å². The lowest BCUT2D eigenvalue weighted by atomic mass is 9.82. The van der Waals surface area contributed by atoms with Crippen LogP contribution >= 0.6 is 0 Å². The first-order valence-electron chi connectivity index (χ1n) is 7.19. The second-order valence-corrected chi connectivity index (χ2v) is 5.12. The van der Waals surface area contributed by atoms with Crippen molar-refractivity contribution < 1.29 is 14.6 Å². The number of allylic oxidation sites excluding steroid dienone is 2. The number of ether oxygens (including phenoxy) is 1. The van der Waals surface area contributed by atoms with Crippen LogP contribution in [0.5, 0.6) is 5.75 Å². The molecule has 0 saturated heterocycles. The lowest BCUT2D eigenvalue weighted by molar-refractivity contribution is -0.114. The van der Waals surface area contributed by atoms with Crippen LogP contribution in [0.2, 0.25) is 0 Å². The number of hydrogen-bond donors (Lipinski definition) is 1. The molecule has 1 aliphatic carbocycles. The fourth-order valence-electron chi connectivity index (χ4n) is 2.72. The Kier molecular flexibility index (Phi) is 4.70. The summed E-state index contributed by atoms with van der Waals surface area (Å²) in [6.07, 6.45) is 2.01. The molecule has 1 aromatic rings. The van der Waals surface area contributed by atoms with Gasteiger partial charge in [0.15, 0.2) is 5.78 Å². The van der Waals surface area contributed by atoms with Gasteiger partial charge in [-0.05, 0) is 38.0 Å². The van der Waals surface area contributed by atoms with Gasteiger partial charge in [-0.3, -0.25) is 4.79 Å². The third kappa shape index (κ3) is 2.95. The summed E-state index contributed by atoms with van der Waals surface area (Å²) in [5, 5.41) is 10.4. The number of hydrogen-bond acceptors (Lipinski definition) is 3. The lowest BCUT2D eigenvalue weighted by Gasteiger charge is -2.24. The van der Waals surface area contributed by atoms with Crippen LogP contribution in [0.1, 0.15) is 44.2 Å².